The van der Waals surface area contributed by atoms with Crippen LogP contribution in [0.3, 0.4) is 0 Å². The molecule has 6 nitrogen and oxygen atoms in total. The van der Waals surface area contributed by atoms with E-state index in [1.165, 1.54) is 30.4 Å². The van der Waals surface area contributed by atoms with Crippen LogP contribution >= 0.6 is 0 Å². The number of nitrogens with zero attached hydrogens (tertiary/aromatic N) is 3. The Morgan fingerprint density at radius 3 is 2.45 bits per heavy atom. The van der Waals surface area contributed by atoms with Gasteiger partial charge in [0.2, 0.25) is 18.0 Å². The van der Waals surface area contributed by atoms with Gasteiger partial charge in [0.15, 0.2) is 5.54 Å². The van der Waals surface area contributed by atoms with Gasteiger partial charge in [0.05, 0.1) is 24.7 Å². The van der Waals surface area contributed by atoms with E-state index in [0.29, 0.717) is 10.5 Å². The molecule has 0 spiro atoms. The van der Waals surface area contributed by atoms with Crippen LogP contribution in [-0.2, 0) is 22.2 Å². The number of nitrogens with one attached hydrogen (secondary N) is 1. The highest BCUT2D eigenvalue weighted by atomic mass is 16.3. The summed E-state index contributed by atoms with van der Waals surface area (Å²) in [6, 6.07) is 10.8. The van der Waals surface area contributed by atoms with E-state index in [1.807, 2.05) is 11.1 Å². The molecule has 3 unspecified atom stereocenters. The lowest BCUT2D eigenvalue weighted by atomic mass is 9.75. The topological polar surface area (TPSA) is 65.5 Å². The summed E-state index contributed by atoms with van der Waals surface area (Å²) >= 11 is 0. The Kier molecular flexibility index (Phi) is 6.44. The van der Waals surface area contributed by atoms with Crippen LogP contribution in [-0.4, -0.2) is 47.9 Å². The van der Waals surface area contributed by atoms with Gasteiger partial charge in [0.25, 0.3) is 0 Å². The third-order valence-electron chi connectivity index (χ3n) is 10.1. The van der Waals surface area contributed by atoms with Crippen LogP contribution in [0.1, 0.15) is 95.2 Å². The zero-order valence-corrected chi connectivity index (χ0v) is 23.7. The first-order chi connectivity index (χ1) is 18.2. The fourth-order valence-electron chi connectivity index (χ4n) is 8.07. The molecule has 1 saturated carbocycles. The van der Waals surface area contributed by atoms with E-state index in [-0.39, 0.29) is 17.4 Å². The summed E-state index contributed by atoms with van der Waals surface area (Å²) in [5.74, 6) is 1.08. The van der Waals surface area contributed by atoms with Crippen molar-refractivity contribution in [2.75, 3.05) is 18.5 Å². The number of benzene rings is 1. The van der Waals surface area contributed by atoms with Gasteiger partial charge in [-0.05, 0) is 99.1 Å². The van der Waals surface area contributed by atoms with E-state index in [4.69, 9.17) is 4.98 Å². The molecule has 6 heteroatoms. The van der Waals surface area contributed by atoms with Crippen LogP contribution in [0, 0.1) is 0 Å². The first-order valence-corrected chi connectivity index (χ1v) is 14.9. The molecular formula is C32H45N4O2+. The van der Waals surface area contributed by atoms with Gasteiger partial charge in [-0.25, -0.2) is 9.47 Å². The van der Waals surface area contributed by atoms with Gasteiger partial charge in [-0.1, -0.05) is 39.3 Å². The monoisotopic (exact) mass is 517 g/mol. The average Bonchev–Trinajstić information content (AvgIpc) is 3.53. The van der Waals surface area contributed by atoms with Crippen LogP contribution in [0.25, 0.3) is 0 Å². The molecule has 3 heterocycles. The summed E-state index contributed by atoms with van der Waals surface area (Å²) in [4.78, 5) is 21.6. The Hall–Kier alpha value is -2.28. The number of quaternary nitrogens is 1. The second-order valence-electron chi connectivity index (χ2n) is 13.4. The van der Waals surface area contributed by atoms with Gasteiger partial charge >= 0.3 is 0 Å². The fraction of sp³-hybridized carbons (Fsp3) is 0.625. The van der Waals surface area contributed by atoms with Crippen molar-refractivity contribution in [1.29, 1.82) is 0 Å². The number of amides is 1. The number of aromatic nitrogens is 1. The van der Waals surface area contributed by atoms with E-state index >= 15 is 0 Å². The van der Waals surface area contributed by atoms with E-state index in [9.17, 15) is 9.90 Å². The van der Waals surface area contributed by atoms with Crippen molar-refractivity contribution in [3.05, 3.63) is 53.2 Å². The standard InChI is InChI=1S/C32H45N4O2/c1-31(2,3)23-14-16-24(17-15-23)35(29(37)26-13-9-20-33-26)32-19-8-10-22-18-21-34-28(27(22)32)36(4,30(32)38)25-11-6-5-7-12-25/h14-18,21,25-26,30,33,38H,5-13,19-20H2,1-4H3/q+1/t26-,30?,32?,36?/m1/s1. The van der Waals surface area contributed by atoms with Crippen molar-refractivity contribution >= 4 is 17.4 Å². The van der Waals surface area contributed by atoms with Crippen LogP contribution in [0.4, 0.5) is 11.5 Å². The number of aryl methyl sites for hydroxylation is 1. The predicted octanol–water partition coefficient (Wildman–Crippen LogP) is 5.30. The Labute approximate surface area is 228 Å². The molecule has 204 valence electrons. The molecule has 2 aliphatic carbocycles. The highest BCUT2D eigenvalue weighted by Gasteiger charge is 2.68. The molecule has 1 amide bonds. The van der Waals surface area contributed by atoms with E-state index < -0.39 is 11.8 Å². The maximum Gasteiger partial charge on any atom is 0.245 e. The minimum absolute atomic E-state index is 0.0243. The molecule has 38 heavy (non-hydrogen) atoms. The molecule has 2 N–H and O–H groups in total. The second-order valence-corrected chi connectivity index (χ2v) is 13.4. The molecule has 4 aliphatic rings. The summed E-state index contributed by atoms with van der Waals surface area (Å²) in [6.45, 7) is 7.52. The van der Waals surface area contributed by atoms with Crippen molar-refractivity contribution in [2.45, 2.75) is 114 Å². The van der Waals surface area contributed by atoms with E-state index in [0.717, 1.165) is 68.6 Å². The fourth-order valence-corrected chi connectivity index (χ4v) is 8.07. The van der Waals surface area contributed by atoms with Crippen LogP contribution in [0.5, 0.6) is 0 Å². The molecular weight excluding hydrogens is 472 g/mol. The quantitative estimate of drug-likeness (QED) is 0.541. The Bertz CT molecular complexity index is 1190. The van der Waals surface area contributed by atoms with Crippen molar-refractivity contribution in [1.82, 2.24) is 14.8 Å². The average molecular weight is 518 g/mol. The molecule has 0 bridgehead atoms. The Morgan fingerprint density at radius 1 is 1.05 bits per heavy atom. The number of hydrogen-bond donors (Lipinski definition) is 2. The Morgan fingerprint density at radius 2 is 1.79 bits per heavy atom. The minimum Gasteiger partial charge on any atom is -0.342 e. The number of rotatable bonds is 4. The minimum atomic E-state index is -0.825. The van der Waals surface area contributed by atoms with Crippen LogP contribution in [0.15, 0.2) is 36.5 Å². The van der Waals surface area contributed by atoms with Crippen molar-refractivity contribution < 1.29 is 9.90 Å². The number of pyridine rings is 1. The largest absolute Gasteiger partial charge is 0.342 e. The lowest BCUT2D eigenvalue weighted by Crippen LogP contribution is -2.68. The molecule has 1 aromatic heterocycles. The van der Waals surface area contributed by atoms with Gasteiger partial charge in [0.1, 0.15) is 0 Å². The molecule has 6 rings (SSSR count). The van der Waals surface area contributed by atoms with Gasteiger partial charge in [-0.15, -0.1) is 0 Å². The maximum atomic E-state index is 14.6. The van der Waals surface area contributed by atoms with Crippen LogP contribution in [0.2, 0.25) is 0 Å². The molecule has 1 saturated heterocycles. The lowest BCUT2D eigenvalue weighted by molar-refractivity contribution is -0.125. The highest BCUT2D eigenvalue weighted by Crippen LogP contribution is 2.58. The van der Waals surface area contributed by atoms with Crippen molar-refractivity contribution in [2.24, 2.45) is 0 Å². The summed E-state index contributed by atoms with van der Waals surface area (Å²) in [5, 5.41) is 16.2. The molecule has 0 radical (unpaired) electrons. The Balaban J connectivity index is 1.56. The number of aliphatic hydroxyl groups excluding tert-OH is 1. The maximum absolute atomic E-state index is 14.6. The molecule has 2 fully saturated rings. The first-order valence-electron chi connectivity index (χ1n) is 14.9. The summed E-state index contributed by atoms with van der Waals surface area (Å²) in [7, 11) is 2.20. The number of anilines is 1. The third kappa shape index (κ3) is 3.78. The smallest absolute Gasteiger partial charge is 0.245 e. The SMILES string of the molecule is CC(C)(C)c1ccc(N(C(=O)[C@H]2CCCN2)C23CCCc4ccnc(c42)[N+](C)(C2CCCCC2)C3O)cc1. The molecule has 2 aliphatic heterocycles. The lowest BCUT2D eigenvalue weighted by Gasteiger charge is -2.49. The van der Waals surface area contributed by atoms with Crippen molar-refractivity contribution in [3.8, 4) is 0 Å². The molecule has 1 aromatic carbocycles. The number of carbonyl (C=O) groups excluding carboxylic acids is 1. The number of likely N-dealkylation sites (N-methyl/N-ethyl adjacent to an activating group) is 1. The third-order valence-corrected chi connectivity index (χ3v) is 10.1. The summed E-state index contributed by atoms with van der Waals surface area (Å²) in [6.07, 6.45) is 11.5. The molecule has 4 atom stereocenters. The highest BCUT2D eigenvalue weighted by molar-refractivity contribution is 6.00. The zero-order valence-electron chi connectivity index (χ0n) is 23.7. The second kappa shape index (κ2) is 9.42. The van der Waals surface area contributed by atoms with Gasteiger partial charge in [0, 0.05) is 11.9 Å². The normalized spacial score (nSPS) is 31.3. The zero-order chi connectivity index (χ0) is 26.7. The van der Waals surface area contributed by atoms with E-state index in [2.05, 4.69) is 63.5 Å². The molecule has 2 aromatic rings. The predicted molar refractivity (Wildman–Crippen MR) is 153 cm³/mol. The van der Waals surface area contributed by atoms with Gasteiger partial charge < -0.3 is 10.4 Å². The number of carbonyl (C=O) groups is 1. The van der Waals surface area contributed by atoms with Crippen LogP contribution < -0.4 is 14.7 Å². The van der Waals surface area contributed by atoms with Gasteiger partial charge in [-0.3, -0.25) is 9.69 Å². The first kappa shape index (κ1) is 26.0. The number of aliphatic hydroxyl groups is 1. The van der Waals surface area contributed by atoms with E-state index in [1.54, 1.807) is 0 Å². The van der Waals surface area contributed by atoms with Gasteiger partial charge in [-0.2, -0.15) is 0 Å². The summed E-state index contributed by atoms with van der Waals surface area (Å²) in [5.41, 5.74) is 3.70. The number of hydrogen-bond acceptors (Lipinski definition) is 4. The van der Waals surface area contributed by atoms with Crippen molar-refractivity contribution in [3.63, 3.8) is 0 Å². The summed E-state index contributed by atoms with van der Waals surface area (Å²) < 4.78 is 0.422.